The molecule has 4 atom stereocenters. The van der Waals surface area contributed by atoms with Crippen molar-refractivity contribution in [3.63, 3.8) is 0 Å². The molecule has 31 heavy (non-hydrogen) atoms. The van der Waals surface area contributed by atoms with Gasteiger partial charge >= 0.3 is 5.97 Å². The Morgan fingerprint density at radius 2 is 1.87 bits per heavy atom. The van der Waals surface area contributed by atoms with E-state index in [4.69, 9.17) is 0 Å². The first kappa shape index (κ1) is 25.1. The molecule has 0 heterocycles. The number of unbranched alkanes of at least 4 members (excludes halogenated alkanes) is 3. The van der Waals surface area contributed by atoms with Gasteiger partial charge in [0.1, 0.15) is 11.9 Å². The zero-order chi connectivity index (χ0) is 22.9. The predicted molar refractivity (Wildman–Crippen MR) is 120 cm³/mol. The lowest BCUT2D eigenvalue weighted by Gasteiger charge is -2.27. The van der Waals surface area contributed by atoms with Crippen molar-refractivity contribution in [3.8, 4) is 11.8 Å². The summed E-state index contributed by atoms with van der Waals surface area (Å²) in [7, 11) is 1.39. The number of Topliss-reactive ketones (excluding diaryl/α,β-unsaturated/α-hetero) is 1. The number of esters is 1. The van der Waals surface area contributed by atoms with Crippen LogP contribution in [0.1, 0.15) is 64.4 Å². The number of hydrogen-bond acceptors (Lipinski definition) is 5. The highest BCUT2D eigenvalue weighted by atomic mass is 16.5. The smallest absolute Gasteiger partial charge is 0.305 e. The molecule has 5 nitrogen and oxygen atoms in total. The Balaban J connectivity index is 1.90. The predicted octanol–water partition coefficient (Wildman–Crippen LogP) is 3.70. The molecule has 2 rings (SSSR count). The largest absolute Gasteiger partial charge is 0.469 e. The number of aliphatic hydroxyl groups is 2. The maximum atomic E-state index is 12.4. The highest BCUT2D eigenvalue weighted by Crippen LogP contribution is 2.33. The van der Waals surface area contributed by atoms with Crippen molar-refractivity contribution in [1.29, 1.82) is 0 Å². The van der Waals surface area contributed by atoms with E-state index < -0.39 is 23.5 Å². The number of hydrogen-bond donors (Lipinski definition) is 2. The first-order valence-electron chi connectivity index (χ1n) is 11.2. The van der Waals surface area contributed by atoms with Gasteiger partial charge in [-0.2, -0.15) is 0 Å². The second-order valence-electron chi connectivity index (χ2n) is 9.24. The van der Waals surface area contributed by atoms with Gasteiger partial charge in [0.05, 0.1) is 19.1 Å². The van der Waals surface area contributed by atoms with Crippen LogP contribution in [0.3, 0.4) is 0 Å². The van der Waals surface area contributed by atoms with Gasteiger partial charge in [-0.25, -0.2) is 0 Å². The Morgan fingerprint density at radius 1 is 1.19 bits per heavy atom. The minimum atomic E-state index is -0.852. The van der Waals surface area contributed by atoms with Crippen LogP contribution in [0.15, 0.2) is 30.3 Å². The van der Waals surface area contributed by atoms with Gasteiger partial charge in [0.25, 0.3) is 0 Å². The van der Waals surface area contributed by atoms with Gasteiger partial charge in [0.15, 0.2) is 0 Å². The molecular weight excluding hydrogens is 392 g/mol. The van der Waals surface area contributed by atoms with E-state index in [0.29, 0.717) is 19.3 Å². The molecule has 0 saturated heterocycles. The van der Waals surface area contributed by atoms with Gasteiger partial charge in [0.2, 0.25) is 0 Å². The molecule has 0 aliphatic heterocycles. The summed E-state index contributed by atoms with van der Waals surface area (Å²) < 4.78 is 4.63. The second kappa shape index (κ2) is 12.0. The summed E-state index contributed by atoms with van der Waals surface area (Å²) in [6.45, 7) is 3.95. The van der Waals surface area contributed by atoms with Gasteiger partial charge in [-0.05, 0) is 24.8 Å². The number of carbonyl (C=O) groups is 2. The minimum absolute atomic E-state index is 0.0550. The zero-order valence-electron chi connectivity index (χ0n) is 19.0. The summed E-state index contributed by atoms with van der Waals surface area (Å²) in [5, 5.41) is 21.1. The van der Waals surface area contributed by atoms with Crippen LogP contribution in [0, 0.1) is 29.1 Å². The Labute approximate surface area is 186 Å². The molecule has 5 heteroatoms. The van der Waals surface area contributed by atoms with Gasteiger partial charge in [0, 0.05) is 24.2 Å². The van der Waals surface area contributed by atoms with Crippen LogP contribution >= 0.6 is 0 Å². The van der Waals surface area contributed by atoms with Crippen LogP contribution < -0.4 is 0 Å². The zero-order valence-corrected chi connectivity index (χ0v) is 19.0. The molecule has 1 saturated carbocycles. The van der Waals surface area contributed by atoms with Crippen LogP contribution in [-0.2, 0) is 20.7 Å². The highest BCUT2D eigenvalue weighted by molar-refractivity contribution is 5.85. The van der Waals surface area contributed by atoms with Crippen LogP contribution in [-0.4, -0.2) is 41.3 Å². The fraction of sp³-hybridized carbons (Fsp3) is 0.615. The standard InChI is InChI=1S/C26H36O5/c1-26(2,18-19-11-7-6-8-12-19)24(29)16-15-21-20(22(27)17-23(21)28)13-9-4-5-10-14-25(30)31-3/h6-8,11-12,20-21,23-24,28-29H,4-5,9-10,13-14,17-18H2,1-3H3. The third-order valence-corrected chi connectivity index (χ3v) is 6.18. The third kappa shape index (κ3) is 7.79. The molecule has 1 fully saturated rings. The molecule has 1 aliphatic carbocycles. The van der Waals surface area contributed by atoms with Crippen LogP contribution in [0.4, 0.5) is 0 Å². The molecular formula is C26H36O5. The van der Waals surface area contributed by atoms with E-state index in [1.54, 1.807) is 0 Å². The molecule has 0 aromatic heterocycles. The summed E-state index contributed by atoms with van der Waals surface area (Å²) in [6.07, 6.45) is 3.75. The summed E-state index contributed by atoms with van der Waals surface area (Å²) >= 11 is 0. The van der Waals surface area contributed by atoms with E-state index in [-0.39, 0.29) is 24.1 Å². The number of carbonyl (C=O) groups excluding carboxylic acids is 2. The van der Waals surface area contributed by atoms with Gasteiger partial charge in [-0.3, -0.25) is 9.59 Å². The van der Waals surface area contributed by atoms with Gasteiger partial charge < -0.3 is 14.9 Å². The fourth-order valence-electron chi connectivity index (χ4n) is 4.17. The van der Waals surface area contributed by atoms with Crippen molar-refractivity contribution < 1.29 is 24.5 Å². The normalized spacial score (nSPS) is 22.0. The summed E-state index contributed by atoms with van der Waals surface area (Å²) in [5.41, 5.74) is 0.686. The lowest BCUT2D eigenvalue weighted by atomic mass is 9.80. The second-order valence-corrected chi connectivity index (χ2v) is 9.24. The van der Waals surface area contributed by atoms with Crippen LogP contribution in [0.25, 0.3) is 0 Å². The Bertz CT molecular complexity index is 774. The molecule has 1 aromatic rings. The van der Waals surface area contributed by atoms with Crippen molar-refractivity contribution in [2.75, 3.05) is 7.11 Å². The molecule has 0 spiro atoms. The molecule has 1 aliphatic rings. The Morgan fingerprint density at radius 3 is 2.55 bits per heavy atom. The third-order valence-electron chi connectivity index (χ3n) is 6.18. The number of aliphatic hydroxyl groups excluding tert-OH is 2. The van der Waals surface area contributed by atoms with Crippen molar-refractivity contribution in [3.05, 3.63) is 35.9 Å². The number of methoxy groups -OCH3 is 1. The molecule has 0 radical (unpaired) electrons. The molecule has 170 valence electrons. The first-order valence-corrected chi connectivity index (χ1v) is 11.2. The number of ketones is 1. The van der Waals surface area contributed by atoms with Crippen molar-refractivity contribution in [2.24, 2.45) is 17.3 Å². The minimum Gasteiger partial charge on any atom is -0.469 e. The van der Waals surface area contributed by atoms with Crippen molar-refractivity contribution in [1.82, 2.24) is 0 Å². The number of rotatable bonds is 10. The average molecular weight is 429 g/mol. The molecule has 4 unspecified atom stereocenters. The molecule has 0 amide bonds. The topological polar surface area (TPSA) is 83.8 Å². The molecule has 1 aromatic carbocycles. The Kier molecular flexibility index (Phi) is 9.74. The van der Waals surface area contributed by atoms with Crippen LogP contribution in [0.2, 0.25) is 0 Å². The van der Waals surface area contributed by atoms with Crippen molar-refractivity contribution >= 4 is 11.8 Å². The van der Waals surface area contributed by atoms with E-state index in [0.717, 1.165) is 31.2 Å². The monoisotopic (exact) mass is 428 g/mol. The van der Waals surface area contributed by atoms with Crippen LogP contribution in [0.5, 0.6) is 0 Å². The SMILES string of the molecule is COC(=O)CCCCCCC1C(=O)CC(O)C1C#CC(O)C(C)(C)Cc1ccccc1. The maximum absolute atomic E-state index is 12.4. The van der Waals surface area contributed by atoms with Crippen molar-refractivity contribution in [2.45, 2.75) is 77.4 Å². The van der Waals surface area contributed by atoms with E-state index in [1.165, 1.54) is 7.11 Å². The lowest BCUT2D eigenvalue weighted by molar-refractivity contribution is -0.140. The fourth-order valence-corrected chi connectivity index (χ4v) is 4.17. The summed E-state index contributed by atoms with van der Waals surface area (Å²) in [5.74, 6) is 5.13. The van der Waals surface area contributed by atoms with Gasteiger partial charge in [-0.1, -0.05) is 75.3 Å². The lowest BCUT2D eigenvalue weighted by Crippen LogP contribution is -2.30. The summed E-state index contributed by atoms with van der Waals surface area (Å²) in [4.78, 5) is 23.5. The molecule has 2 N–H and O–H groups in total. The number of benzene rings is 1. The van der Waals surface area contributed by atoms with E-state index in [9.17, 15) is 19.8 Å². The van der Waals surface area contributed by atoms with Gasteiger partial charge in [-0.15, -0.1) is 0 Å². The van der Waals surface area contributed by atoms with E-state index >= 15 is 0 Å². The van der Waals surface area contributed by atoms with E-state index in [1.807, 2.05) is 44.2 Å². The quantitative estimate of drug-likeness (QED) is 0.337. The first-order chi connectivity index (χ1) is 14.7. The number of ether oxygens (including phenoxy) is 1. The van der Waals surface area contributed by atoms with E-state index in [2.05, 4.69) is 16.6 Å². The maximum Gasteiger partial charge on any atom is 0.305 e. The highest BCUT2D eigenvalue weighted by Gasteiger charge is 2.40. The molecule has 0 bridgehead atoms. The Hall–Kier alpha value is -2.16. The summed E-state index contributed by atoms with van der Waals surface area (Å²) in [6, 6.07) is 9.98. The average Bonchev–Trinajstić information content (AvgIpc) is 3.01.